The lowest BCUT2D eigenvalue weighted by Crippen LogP contribution is -2.37. The molecule has 1 aliphatic rings. The molecule has 0 bridgehead atoms. The van der Waals surface area contributed by atoms with Crippen molar-refractivity contribution in [1.29, 1.82) is 0 Å². The molecule has 0 fully saturated rings. The summed E-state index contributed by atoms with van der Waals surface area (Å²) in [6, 6.07) is 4.55. The summed E-state index contributed by atoms with van der Waals surface area (Å²) in [5, 5.41) is 0. The second kappa shape index (κ2) is 2.95. The van der Waals surface area contributed by atoms with Crippen LogP contribution in [0.3, 0.4) is 0 Å². The summed E-state index contributed by atoms with van der Waals surface area (Å²) in [6.07, 6.45) is 0.640. The Balaban J connectivity index is 2.50. The molecule has 1 atom stereocenters. The third-order valence-corrected chi connectivity index (χ3v) is 2.48. The van der Waals surface area contributed by atoms with Crippen molar-refractivity contribution in [2.75, 3.05) is 0 Å². The van der Waals surface area contributed by atoms with Crippen LogP contribution in [0.25, 0.3) is 0 Å². The molecular weight excluding hydrogens is 181 g/mol. The van der Waals surface area contributed by atoms with Crippen LogP contribution < -0.4 is 10.5 Å². The van der Waals surface area contributed by atoms with Crippen molar-refractivity contribution >= 4 is 0 Å². The molecule has 0 amide bonds. The molecular formula is C11H14FNO. The molecule has 0 saturated carbocycles. The van der Waals surface area contributed by atoms with Gasteiger partial charge in [-0.15, -0.1) is 0 Å². The molecule has 2 N–H and O–H groups in total. The lowest BCUT2D eigenvalue weighted by molar-refractivity contribution is 0.0712. The Labute approximate surface area is 82.9 Å². The van der Waals surface area contributed by atoms with Gasteiger partial charge in [-0.1, -0.05) is 6.07 Å². The fourth-order valence-electron chi connectivity index (χ4n) is 1.94. The topological polar surface area (TPSA) is 35.2 Å². The molecule has 0 aliphatic carbocycles. The van der Waals surface area contributed by atoms with Gasteiger partial charge in [0.2, 0.25) is 0 Å². The first kappa shape index (κ1) is 9.46. The van der Waals surface area contributed by atoms with E-state index in [0.717, 1.165) is 0 Å². The summed E-state index contributed by atoms with van der Waals surface area (Å²) in [7, 11) is 0. The molecule has 14 heavy (non-hydrogen) atoms. The molecule has 0 saturated heterocycles. The average Bonchev–Trinajstić information content (AvgIpc) is 2.00. The fourth-order valence-corrected chi connectivity index (χ4v) is 1.94. The predicted molar refractivity (Wildman–Crippen MR) is 52.7 cm³/mol. The van der Waals surface area contributed by atoms with Crippen LogP contribution in [0.15, 0.2) is 18.2 Å². The summed E-state index contributed by atoms with van der Waals surface area (Å²) in [4.78, 5) is 0. The minimum atomic E-state index is -0.305. The van der Waals surface area contributed by atoms with Crippen LogP contribution in [0.4, 0.5) is 4.39 Å². The largest absolute Gasteiger partial charge is 0.487 e. The number of benzene rings is 1. The van der Waals surface area contributed by atoms with Gasteiger partial charge in [-0.25, -0.2) is 4.39 Å². The third-order valence-electron chi connectivity index (χ3n) is 2.48. The molecule has 2 nitrogen and oxygen atoms in total. The molecule has 1 aromatic rings. The minimum Gasteiger partial charge on any atom is -0.487 e. The van der Waals surface area contributed by atoms with Gasteiger partial charge in [0.15, 0.2) is 0 Å². The zero-order chi connectivity index (χ0) is 10.3. The average molecular weight is 195 g/mol. The lowest BCUT2D eigenvalue weighted by atomic mass is 9.90. The molecule has 3 heteroatoms. The highest BCUT2D eigenvalue weighted by molar-refractivity contribution is 5.39. The van der Waals surface area contributed by atoms with Crippen LogP contribution in [0.1, 0.15) is 31.9 Å². The smallest absolute Gasteiger partial charge is 0.131 e. The van der Waals surface area contributed by atoms with E-state index in [1.807, 2.05) is 13.8 Å². The van der Waals surface area contributed by atoms with Crippen LogP contribution in [0.2, 0.25) is 0 Å². The summed E-state index contributed by atoms with van der Waals surface area (Å²) in [5.74, 6) is 0.305. The van der Waals surface area contributed by atoms with E-state index < -0.39 is 0 Å². The molecule has 1 aliphatic heterocycles. The quantitative estimate of drug-likeness (QED) is 0.689. The standard InChI is InChI=1S/C11H14FNO/c1-11(2)6-8(13)10-7(12)4-3-5-9(10)14-11/h3-5,8H,6,13H2,1-2H3. The summed E-state index contributed by atoms with van der Waals surface area (Å²) < 4.78 is 19.1. The molecule has 2 rings (SSSR count). The predicted octanol–water partition coefficient (Wildman–Crippen LogP) is 2.39. The van der Waals surface area contributed by atoms with Crippen LogP contribution in [-0.2, 0) is 0 Å². The highest BCUT2D eigenvalue weighted by Gasteiger charge is 2.33. The molecule has 1 heterocycles. The Kier molecular flexibility index (Phi) is 2.00. The van der Waals surface area contributed by atoms with E-state index in [-0.39, 0.29) is 17.5 Å². The van der Waals surface area contributed by atoms with Crippen molar-refractivity contribution in [3.05, 3.63) is 29.6 Å². The Morgan fingerprint density at radius 1 is 1.50 bits per heavy atom. The molecule has 0 radical (unpaired) electrons. The van der Waals surface area contributed by atoms with Crippen LogP contribution in [-0.4, -0.2) is 5.60 Å². The number of rotatable bonds is 0. The zero-order valence-electron chi connectivity index (χ0n) is 8.38. The van der Waals surface area contributed by atoms with Crippen LogP contribution >= 0.6 is 0 Å². The molecule has 76 valence electrons. The maximum atomic E-state index is 13.4. The van der Waals surface area contributed by atoms with Crippen molar-refractivity contribution in [1.82, 2.24) is 0 Å². The van der Waals surface area contributed by atoms with Crippen LogP contribution in [0, 0.1) is 5.82 Å². The van der Waals surface area contributed by atoms with E-state index in [1.54, 1.807) is 12.1 Å². The molecule has 1 unspecified atom stereocenters. The minimum absolute atomic E-state index is 0.269. The fraction of sp³-hybridized carbons (Fsp3) is 0.455. The monoisotopic (exact) mass is 195 g/mol. The van der Waals surface area contributed by atoms with E-state index in [9.17, 15) is 4.39 Å². The first-order chi connectivity index (χ1) is 6.49. The number of hydrogen-bond donors (Lipinski definition) is 1. The van der Waals surface area contributed by atoms with Crippen molar-refractivity contribution in [3.63, 3.8) is 0 Å². The van der Waals surface area contributed by atoms with Crippen molar-refractivity contribution in [2.24, 2.45) is 5.73 Å². The van der Waals surface area contributed by atoms with Gasteiger partial charge in [0.05, 0.1) is 0 Å². The van der Waals surface area contributed by atoms with Gasteiger partial charge >= 0.3 is 0 Å². The lowest BCUT2D eigenvalue weighted by Gasteiger charge is -2.36. The van der Waals surface area contributed by atoms with E-state index in [4.69, 9.17) is 10.5 Å². The highest BCUT2D eigenvalue weighted by Crippen LogP contribution is 2.39. The van der Waals surface area contributed by atoms with E-state index in [2.05, 4.69) is 0 Å². The first-order valence-electron chi connectivity index (χ1n) is 4.73. The van der Waals surface area contributed by atoms with E-state index >= 15 is 0 Å². The van der Waals surface area contributed by atoms with Gasteiger partial charge in [-0.2, -0.15) is 0 Å². The normalized spacial score (nSPS) is 23.9. The Morgan fingerprint density at radius 3 is 2.93 bits per heavy atom. The van der Waals surface area contributed by atoms with E-state index in [1.165, 1.54) is 6.07 Å². The zero-order valence-corrected chi connectivity index (χ0v) is 8.38. The van der Waals surface area contributed by atoms with Crippen molar-refractivity contribution in [2.45, 2.75) is 31.9 Å². The second-order valence-corrected chi connectivity index (χ2v) is 4.32. The van der Waals surface area contributed by atoms with Gasteiger partial charge in [0.25, 0.3) is 0 Å². The maximum absolute atomic E-state index is 13.4. The maximum Gasteiger partial charge on any atom is 0.131 e. The Hall–Kier alpha value is -1.09. The SMILES string of the molecule is CC1(C)CC(N)c2c(F)cccc2O1. The van der Waals surface area contributed by atoms with Crippen molar-refractivity contribution in [3.8, 4) is 5.75 Å². The van der Waals surface area contributed by atoms with Crippen LogP contribution in [0.5, 0.6) is 5.75 Å². The number of nitrogens with two attached hydrogens (primary N) is 1. The number of halogens is 1. The highest BCUT2D eigenvalue weighted by atomic mass is 19.1. The Morgan fingerprint density at radius 2 is 2.21 bits per heavy atom. The van der Waals surface area contributed by atoms with Gasteiger partial charge < -0.3 is 10.5 Å². The van der Waals surface area contributed by atoms with Gasteiger partial charge in [-0.05, 0) is 26.0 Å². The molecule has 0 spiro atoms. The summed E-state index contributed by atoms with van der Waals surface area (Å²) >= 11 is 0. The van der Waals surface area contributed by atoms with E-state index in [0.29, 0.717) is 17.7 Å². The number of ether oxygens (including phenoxy) is 1. The molecule has 1 aromatic carbocycles. The Bertz CT molecular complexity index is 362. The second-order valence-electron chi connectivity index (χ2n) is 4.32. The molecule has 0 aromatic heterocycles. The third kappa shape index (κ3) is 1.48. The van der Waals surface area contributed by atoms with Gasteiger partial charge in [0.1, 0.15) is 17.2 Å². The van der Waals surface area contributed by atoms with Gasteiger partial charge in [-0.3, -0.25) is 0 Å². The van der Waals surface area contributed by atoms with Gasteiger partial charge in [0, 0.05) is 18.0 Å². The number of fused-ring (bicyclic) bond motifs is 1. The summed E-state index contributed by atoms with van der Waals surface area (Å²) in [6.45, 7) is 3.92. The first-order valence-corrected chi connectivity index (χ1v) is 4.73. The summed E-state index contributed by atoms with van der Waals surface area (Å²) in [5.41, 5.74) is 6.10. The number of hydrogen-bond acceptors (Lipinski definition) is 2. The van der Waals surface area contributed by atoms with Crippen molar-refractivity contribution < 1.29 is 9.13 Å².